The molecule has 0 amide bonds. The number of hydrogen-bond donors (Lipinski definition) is 2. The average molecular weight is 632 g/mol. The highest BCUT2D eigenvalue weighted by Crippen LogP contribution is 2.47. The topological polar surface area (TPSA) is 83.0 Å². The summed E-state index contributed by atoms with van der Waals surface area (Å²) in [4.78, 5) is 14.4. The summed E-state index contributed by atoms with van der Waals surface area (Å²) in [5, 5.41) is 16.6. The number of nitrogens with one attached hydrogen (secondary N) is 1. The Hall–Kier alpha value is -3.24. The Morgan fingerprint density at radius 2 is 1.76 bits per heavy atom. The van der Waals surface area contributed by atoms with Gasteiger partial charge in [0.15, 0.2) is 5.82 Å². The first-order chi connectivity index (χ1) is 21.7. The van der Waals surface area contributed by atoms with E-state index in [4.69, 9.17) is 31.0 Å². The van der Waals surface area contributed by atoms with Crippen LogP contribution in [-0.4, -0.2) is 83.6 Å². The monoisotopic (exact) mass is 631 g/mol. The molecule has 4 fully saturated rings. The number of morpholine rings is 1. The van der Waals surface area contributed by atoms with E-state index in [0.29, 0.717) is 35.5 Å². The van der Waals surface area contributed by atoms with Crippen LogP contribution in [0.5, 0.6) is 11.8 Å². The van der Waals surface area contributed by atoms with Crippen molar-refractivity contribution >= 4 is 39.1 Å². The number of piperazine rings is 1. The molecule has 3 aromatic carbocycles. The van der Waals surface area contributed by atoms with Crippen molar-refractivity contribution < 1.29 is 19.0 Å². The van der Waals surface area contributed by atoms with Gasteiger partial charge in [-0.25, -0.2) is 4.39 Å². The SMILES string of the molecule is C[C@@H]1CN(CC2(COc3nc(N4CC5CCC(C4)N5)c4cc(Cl)c(-c5cc(O)cc6ccccc56)c(F)c4n3)CC2)C[C@H](C)O1. The molecule has 3 saturated heterocycles. The summed E-state index contributed by atoms with van der Waals surface area (Å²) in [6.45, 7) is 9.03. The molecule has 3 aliphatic heterocycles. The fourth-order valence-corrected chi connectivity index (χ4v) is 8.11. The number of aromatic nitrogens is 2. The lowest BCUT2D eigenvalue weighted by Crippen LogP contribution is -2.51. The molecule has 4 atom stereocenters. The predicted octanol–water partition coefficient (Wildman–Crippen LogP) is 6.16. The minimum Gasteiger partial charge on any atom is -0.508 e. The fourth-order valence-electron chi connectivity index (χ4n) is 7.81. The van der Waals surface area contributed by atoms with Crippen LogP contribution in [0.15, 0.2) is 42.5 Å². The van der Waals surface area contributed by atoms with E-state index in [0.717, 1.165) is 69.2 Å². The maximum absolute atomic E-state index is 16.9. The highest BCUT2D eigenvalue weighted by atomic mass is 35.5. The predicted molar refractivity (Wildman–Crippen MR) is 175 cm³/mol. The van der Waals surface area contributed by atoms with Gasteiger partial charge in [0, 0.05) is 61.2 Å². The van der Waals surface area contributed by atoms with Gasteiger partial charge in [0.25, 0.3) is 0 Å². The smallest absolute Gasteiger partial charge is 0.319 e. The van der Waals surface area contributed by atoms with E-state index in [9.17, 15) is 5.11 Å². The molecule has 4 aromatic rings. The number of hydrogen-bond acceptors (Lipinski definition) is 8. The van der Waals surface area contributed by atoms with E-state index >= 15 is 4.39 Å². The van der Waals surface area contributed by atoms with Crippen molar-refractivity contribution in [3.63, 3.8) is 0 Å². The Morgan fingerprint density at radius 3 is 2.49 bits per heavy atom. The van der Waals surface area contributed by atoms with Crippen molar-refractivity contribution in [1.29, 1.82) is 0 Å². The second kappa shape index (κ2) is 11.2. The Labute approximate surface area is 267 Å². The molecule has 2 unspecified atom stereocenters. The van der Waals surface area contributed by atoms with E-state index in [2.05, 4.69) is 29.0 Å². The summed E-state index contributed by atoms with van der Waals surface area (Å²) in [5.41, 5.74) is 0.937. The Balaban J connectivity index is 1.19. The van der Waals surface area contributed by atoms with Gasteiger partial charge in [-0.05, 0) is 74.1 Å². The van der Waals surface area contributed by atoms with Gasteiger partial charge in [-0.15, -0.1) is 0 Å². The van der Waals surface area contributed by atoms with Crippen LogP contribution >= 0.6 is 11.6 Å². The van der Waals surface area contributed by atoms with Crippen LogP contribution in [0.25, 0.3) is 32.8 Å². The normalized spacial score (nSPS) is 26.1. The van der Waals surface area contributed by atoms with Crippen molar-refractivity contribution in [3.05, 3.63) is 53.3 Å². The molecule has 8 rings (SSSR count). The number of anilines is 1. The van der Waals surface area contributed by atoms with Crippen LogP contribution in [0.1, 0.15) is 39.5 Å². The molecule has 10 heteroatoms. The Morgan fingerprint density at radius 1 is 1.02 bits per heavy atom. The molecule has 4 heterocycles. The maximum atomic E-state index is 16.9. The molecule has 2 N–H and O–H groups in total. The molecular formula is C35H39ClFN5O3. The van der Waals surface area contributed by atoms with Crippen LogP contribution in [0.4, 0.5) is 10.2 Å². The van der Waals surface area contributed by atoms with E-state index in [-0.39, 0.29) is 45.5 Å². The van der Waals surface area contributed by atoms with Gasteiger partial charge in [-0.3, -0.25) is 4.90 Å². The standard InChI is InChI=1S/C35H39ClFN5O3/c1-20-14-41(15-21(2)45-20)18-35(9-10-35)19-44-34-39-32-28(33(40-34)42-16-23-7-8-24(17-42)38-23)13-29(36)30(31(32)37)27-12-25(43)11-22-5-3-4-6-26(22)27/h3-6,11-13,20-21,23-24,38,43H,7-10,14-19H2,1-2H3/t20-,21+,23?,24?. The lowest BCUT2D eigenvalue weighted by molar-refractivity contribution is -0.0741. The van der Waals surface area contributed by atoms with Crippen LogP contribution < -0.4 is 15.0 Å². The van der Waals surface area contributed by atoms with Gasteiger partial charge < -0.3 is 24.8 Å². The highest BCUT2D eigenvalue weighted by Gasteiger charge is 2.46. The average Bonchev–Trinajstić information content (AvgIpc) is 3.68. The van der Waals surface area contributed by atoms with Crippen molar-refractivity contribution in [2.45, 2.75) is 63.8 Å². The molecule has 236 valence electrons. The third-order valence-corrected chi connectivity index (χ3v) is 10.3. The second-order valence-corrected chi connectivity index (χ2v) is 14.2. The fraction of sp³-hybridized carbons (Fsp3) is 0.486. The Kier molecular flexibility index (Phi) is 7.28. The largest absolute Gasteiger partial charge is 0.508 e. The van der Waals surface area contributed by atoms with Crippen LogP contribution in [0, 0.1) is 11.2 Å². The van der Waals surface area contributed by atoms with Gasteiger partial charge in [0.1, 0.15) is 17.1 Å². The highest BCUT2D eigenvalue weighted by molar-refractivity contribution is 6.35. The summed E-state index contributed by atoms with van der Waals surface area (Å²) in [5.74, 6) is 0.154. The van der Waals surface area contributed by atoms with Gasteiger partial charge in [0.05, 0.1) is 23.8 Å². The summed E-state index contributed by atoms with van der Waals surface area (Å²) in [6.07, 6.45) is 4.79. The number of rotatable bonds is 7. The summed E-state index contributed by atoms with van der Waals surface area (Å²) >= 11 is 6.91. The molecule has 1 saturated carbocycles. The maximum Gasteiger partial charge on any atom is 0.319 e. The third-order valence-electron chi connectivity index (χ3n) is 9.99. The van der Waals surface area contributed by atoms with E-state index in [1.165, 1.54) is 0 Å². The molecule has 45 heavy (non-hydrogen) atoms. The first kappa shape index (κ1) is 29.2. The van der Waals surface area contributed by atoms with Gasteiger partial charge >= 0.3 is 6.01 Å². The number of fused-ring (bicyclic) bond motifs is 4. The first-order valence-electron chi connectivity index (χ1n) is 16.2. The van der Waals surface area contributed by atoms with Crippen molar-refractivity contribution in [2.24, 2.45) is 5.41 Å². The summed E-state index contributed by atoms with van der Waals surface area (Å²) < 4.78 is 29.2. The Bertz CT molecular complexity index is 1760. The third kappa shape index (κ3) is 5.58. The number of phenolic OH excluding ortho intramolecular Hbond substituents is 1. The number of ether oxygens (including phenoxy) is 2. The van der Waals surface area contributed by atoms with Crippen LogP contribution in [0.3, 0.4) is 0 Å². The van der Waals surface area contributed by atoms with Crippen molar-refractivity contribution in [2.75, 3.05) is 44.2 Å². The molecule has 8 nitrogen and oxygen atoms in total. The van der Waals surface area contributed by atoms with Crippen LogP contribution in [0.2, 0.25) is 5.02 Å². The zero-order valence-corrected chi connectivity index (χ0v) is 26.5. The van der Waals surface area contributed by atoms with Gasteiger partial charge in [-0.1, -0.05) is 35.9 Å². The second-order valence-electron chi connectivity index (χ2n) is 13.8. The summed E-state index contributed by atoms with van der Waals surface area (Å²) in [6, 6.07) is 13.5. The molecule has 2 bridgehead atoms. The zero-order chi connectivity index (χ0) is 30.9. The number of phenols is 1. The van der Waals surface area contributed by atoms with Crippen LogP contribution in [-0.2, 0) is 4.74 Å². The number of aromatic hydroxyl groups is 1. The number of halogens is 2. The molecule has 1 aliphatic carbocycles. The number of nitrogens with zero attached hydrogens (tertiary/aromatic N) is 4. The number of benzene rings is 3. The lowest BCUT2D eigenvalue weighted by atomic mass is 9.96. The van der Waals surface area contributed by atoms with Crippen molar-refractivity contribution in [1.82, 2.24) is 20.2 Å². The molecule has 1 aromatic heterocycles. The minimum absolute atomic E-state index is 0.0353. The van der Waals surface area contributed by atoms with E-state index in [1.54, 1.807) is 18.2 Å². The first-order valence-corrected chi connectivity index (χ1v) is 16.5. The van der Waals surface area contributed by atoms with Gasteiger partial charge in [0.2, 0.25) is 0 Å². The molecule has 0 radical (unpaired) electrons. The lowest BCUT2D eigenvalue weighted by Gasteiger charge is -2.37. The van der Waals surface area contributed by atoms with Gasteiger partial charge in [-0.2, -0.15) is 9.97 Å². The molecule has 4 aliphatic rings. The van der Waals surface area contributed by atoms with E-state index in [1.807, 2.05) is 24.3 Å². The zero-order valence-electron chi connectivity index (χ0n) is 25.7. The van der Waals surface area contributed by atoms with Crippen molar-refractivity contribution in [3.8, 4) is 22.9 Å². The molecule has 0 spiro atoms. The molecular weight excluding hydrogens is 593 g/mol. The quantitative estimate of drug-likeness (QED) is 0.251. The summed E-state index contributed by atoms with van der Waals surface area (Å²) in [7, 11) is 0. The van der Waals surface area contributed by atoms with E-state index < -0.39 is 5.82 Å². The minimum atomic E-state index is -0.544.